The van der Waals surface area contributed by atoms with Crippen molar-refractivity contribution < 1.29 is 52.2 Å². The lowest BCUT2D eigenvalue weighted by Gasteiger charge is -2.21. The molecule has 0 aromatic heterocycles. The number of unbranched alkanes of at least 4 members (excludes halogenated alkanes) is 5. The predicted molar refractivity (Wildman–Crippen MR) is 315 cm³/mol. The van der Waals surface area contributed by atoms with Crippen molar-refractivity contribution in [2.45, 2.75) is 187 Å². The van der Waals surface area contributed by atoms with E-state index in [9.17, 15) is 28.9 Å². The molecule has 0 saturated heterocycles. The zero-order chi connectivity index (χ0) is 55.5. The van der Waals surface area contributed by atoms with Gasteiger partial charge in [-0.25, -0.2) is 4.57 Å². The van der Waals surface area contributed by atoms with Gasteiger partial charge in [0.2, 0.25) is 0 Å². The fourth-order valence-electron chi connectivity index (χ4n) is 6.51. The Hall–Kier alpha value is -5.16. The minimum absolute atomic E-state index is 0.0656. The van der Waals surface area contributed by atoms with Crippen LogP contribution in [0.4, 0.5) is 0 Å². The van der Waals surface area contributed by atoms with Crippen LogP contribution >= 0.6 is 7.82 Å². The van der Waals surface area contributed by atoms with Crippen molar-refractivity contribution in [1.29, 1.82) is 0 Å². The monoisotopic (exact) mass is 1070 g/mol. The number of esters is 3. The van der Waals surface area contributed by atoms with Crippen molar-refractivity contribution in [3.63, 3.8) is 0 Å². The molecule has 424 valence electrons. The van der Waals surface area contributed by atoms with E-state index in [1.807, 2.05) is 30.4 Å². The average molecular weight is 1070 g/mol. The van der Waals surface area contributed by atoms with Crippen LogP contribution in [0.2, 0.25) is 0 Å². The van der Waals surface area contributed by atoms with Crippen molar-refractivity contribution in [2.75, 3.05) is 26.4 Å². The molecule has 11 nitrogen and oxygen atoms in total. The van der Waals surface area contributed by atoms with E-state index in [-0.39, 0.29) is 19.3 Å². The van der Waals surface area contributed by atoms with E-state index in [1.54, 1.807) is 6.08 Å². The number of rotatable bonds is 49. The summed E-state index contributed by atoms with van der Waals surface area (Å²) < 4.78 is 39.3. The fourth-order valence-corrected chi connectivity index (χ4v) is 7.30. The van der Waals surface area contributed by atoms with E-state index < -0.39 is 64.4 Å². The zero-order valence-electron chi connectivity index (χ0n) is 46.6. The van der Waals surface area contributed by atoms with E-state index in [2.05, 4.69) is 154 Å². The molecule has 0 aliphatic heterocycles. The van der Waals surface area contributed by atoms with Gasteiger partial charge in [0, 0.05) is 12.8 Å². The molecule has 0 rings (SSSR count). The molecule has 0 spiro atoms. The van der Waals surface area contributed by atoms with Crippen LogP contribution in [0.15, 0.2) is 170 Å². The minimum atomic E-state index is -4.81. The van der Waals surface area contributed by atoms with Crippen molar-refractivity contribution >= 4 is 25.7 Å². The second-order valence-electron chi connectivity index (χ2n) is 17.6. The van der Waals surface area contributed by atoms with Crippen molar-refractivity contribution in [2.24, 2.45) is 0 Å². The highest BCUT2D eigenvalue weighted by Gasteiger charge is 2.28. The number of hydrogen-bond acceptors (Lipinski definition) is 10. The smallest absolute Gasteiger partial charge is 0.462 e. The van der Waals surface area contributed by atoms with Crippen LogP contribution in [0.3, 0.4) is 0 Å². The Balaban J connectivity index is 4.98. The van der Waals surface area contributed by atoms with E-state index in [4.69, 9.17) is 23.3 Å². The topological polar surface area (TPSA) is 155 Å². The number of carbonyl (C=O) groups excluding carboxylic acids is 3. The zero-order valence-corrected chi connectivity index (χ0v) is 47.5. The molecule has 12 heteroatoms. The molecule has 0 aromatic rings. The maximum atomic E-state index is 12.9. The lowest BCUT2D eigenvalue weighted by atomic mass is 10.1. The molecule has 2 N–H and O–H groups in total. The van der Waals surface area contributed by atoms with Crippen LogP contribution in [0.1, 0.15) is 175 Å². The van der Waals surface area contributed by atoms with Gasteiger partial charge in [-0.1, -0.05) is 204 Å². The van der Waals surface area contributed by atoms with Crippen LogP contribution in [-0.4, -0.2) is 66.5 Å². The first-order valence-corrected chi connectivity index (χ1v) is 29.5. The molecular weight excluding hydrogens is 976 g/mol. The number of aliphatic hydroxyl groups is 1. The number of allylic oxidation sites excluding steroid dienone is 27. The molecule has 0 saturated carbocycles. The first-order chi connectivity index (χ1) is 37.2. The molecule has 0 amide bonds. The summed E-state index contributed by atoms with van der Waals surface area (Å²) in [6.45, 7) is 4.06. The van der Waals surface area contributed by atoms with Gasteiger partial charge in [0.1, 0.15) is 12.7 Å². The highest BCUT2D eigenvalue weighted by molar-refractivity contribution is 7.47. The van der Waals surface area contributed by atoms with Gasteiger partial charge in [-0.15, -0.1) is 0 Å². The maximum absolute atomic E-state index is 12.9. The Morgan fingerprint density at radius 2 is 0.711 bits per heavy atom. The van der Waals surface area contributed by atoms with Gasteiger partial charge in [0.15, 0.2) is 6.10 Å². The van der Waals surface area contributed by atoms with E-state index in [1.165, 1.54) is 0 Å². The quantitative estimate of drug-likeness (QED) is 0.0197. The summed E-state index contributed by atoms with van der Waals surface area (Å²) in [6.07, 6.45) is 74.9. The van der Waals surface area contributed by atoms with Crippen molar-refractivity contribution in [3.8, 4) is 0 Å². The molecule has 0 bridgehead atoms. The molecule has 3 atom stereocenters. The van der Waals surface area contributed by atoms with Gasteiger partial charge in [-0.3, -0.25) is 23.4 Å². The Morgan fingerprint density at radius 3 is 1.12 bits per heavy atom. The van der Waals surface area contributed by atoms with Gasteiger partial charge in [-0.2, -0.15) is 0 Å². The van der Waals surface area contributed by atoms with Gasteiger partial charge >= 0.3 is 25.7 Å². The van der Waals surface area contributed by atoms with E-state index in [0.29, 0.717) is 25.7 Å². The summed E-state index contributed by atoms with van der Waals surface area (Å²) in [5, 5.41) is 9.79. The summed E-state index contributed by atoms with van der Waals surface area (Å²) in [4.78, 5) is 48.4. The lowest BCUT2D eigenvalue weighted by Crippen LogP contribution is -2.30. The summed E-state index contributed by atoms with van der Waals surface area (Å²) in [5.41, 5.74) is 0. The minimum Gasteiger partial charge on any atom is -0.462 e. The molecule has 76 heavy (non-hydrogen) atoms. The standard InChI is InChI=1S/C64H97O11P/c1-4-7-10-13-16-19-22-25-28-30-33-35-38-41-44-47-50-53-62(66)71-57-61(75-64(68)55-52-49-46-43-40-37-34-31-29-26-23-20-17-14-11-8-5-2)59-73-76(69,70)72-58-60(56-65)74-63(67)54-51-48-45-42-39-36-32-27-24-21-18-15-12-9-6-3/h7-12,16-21,25-29,32-35,37,39,42-43,46,48,51,60-61,65H,4-6,13-15,22-24,30-31,36,38,40-41,44-45,47,49-50,52-59H2,1-3H3,(H,69,70)/b10-7-,11-8-,12-9-,19-16-,20-17-,21-18-,28-25-,29-26-,32-27-,35-33-,37-34-,42-39-,46-43-,51-48-. The summed E-state index contributed by atoms with van der Waals surface area (Å²) >= 11 is 0. The summed E-state index contributed by atoms with van der Waals surface area (Å²) in [7, 11) is -4.81. The van der Waals surface area contributed by atoms with Crippen LogP contribution in [0.25, 0.3) is 0 Å². The first-order valence-electron chi connectivity index (χ1n) is 28.0. The summed E-state index contributed by atoms with van der Waals surface area (Å²) in [6, 6.07) is 0. The molecule has 0 aromatic carbocycles. The largest absolute Gasteiger partial charge is 0.472 e. The number of phosphoric acid groups is 1. The molecule has 0 radical (unpaired) electrons. The number of carbonyl (C=O) groups is 3. The van der Waals surface area contributed by atoms with Crippen LogP contribution in [-0.2, 0) is 42.2 Å². The number of hydrogen-bond donors (Lipinski definition) is 2. The molecule has 0 aliphatic carbocycles. The van der Waals surface area contributed by atoms with Crippen molar-refractivity contribution in [3.05, 3.63) is 170 Å². The second kappa shape index (κ2) is 56.1. The van der Waals surface area contributed by atoms with Crippen LogP contribution in [0, 0.1) is 0 Å². The summed E-state index contributed by atoms with van der Waals surface area (Å²) in [5.74, 6) is -1.73. The number of aliphatic hydroxyl groups excluding tert-OH is 1. The van der Waals surface area contributed by atoms with Gasteiger partial charge in [-0.05, 0) is 122 Å². The maximum Gasteiger partial charge on any atom is 0.472 e. The predicted octanol–water partition coefficient (Wildman–Crippen LogP) is 16.7. The molecular formula is C64H97O11P. The van der Waals surface area contributed by atoms with Gasteiger partial charge in [0.05, 0.1) is 26.2 Å². The Labute approximate surface area is 459 Å². The average Bonchev–Trinajstić information content (AvgIpc) is 3.41. The van der Waals surface area contributed by atoms with Crippen LogP contribution in [0.5, 0.6) is 0 Å². The highest BCUT2D eigenvalue weighted by atomic mass is 31.2. The number of phosphoric ester groups is 1. The van der Waals surface area contributed by atoms with E-state index in [0.717, 1.165) is 109 Å². The van der Waals surface area contributed by atoms with Crippen molar-refractivity contribution in [1.82, 2.24) is 0 Å². The van der Waals surface area contributed by atoms with Gasteiger partial charge < -0.3 is 24.2 Å². The molecule has 0 fully saturated rings. The molecule has 0 heterocycles. The Bertz CT molecular complexity index is 1920. The van der Waals surface area contributed by atoms with Gasteiger partial charge in [0.25, 0.3) is 0 Å². The second-order valence-corrected chi connectivity index (χ2v) is 19.1. The fraction of sp³-hybridized carbons (Fsp3) is 0.516. The Morgan fingerprint density at radius 1 is 0.382 bits per heavy atom. The third-order valence-electron chi connectivity index (χ3n) is 10.6. The first kappa shape index (κ1) is 70.8. The van der Waals surface area contributed by atoms with Crippen LogP contribution < -0.4 is 0 Å². The molecule has 3 unspecified atom stereocenters. The third kappa shape index (κ3) is 53.7. The Kier molecular flexibility index (Phi) is 52.2. The highest BCUT2D eigenvalue weighted by Crippen LogP contribution is 2.43. The number of ether oxygens (including phenoxy) is 3. The SMILES string of the molecule is CC/C=C\C/C=C\C/C=C\C/C=C\C/C=C\CCCC(=O)OC(COC(=O)CCCCCC/C=C\C/C=C\C/C=C\C/C=C\CC)COP(=O)(O)OCC(CO)OC(=O)C/C=C\C/C=C\C/C=C\C/C=C\C/C=C\CC. The molecule has 0 aliphatic rings. The normalized spacial score (nSPS) is 14.6. The lowest BCUT2D eigenvalue weighted by molar-refractivity contribution is -0.161. The van der Waals surface area contributed by atoms with E-state index >= 15 is 0 Å². The third-order valence-corrected chi connectivity index (χ3v) is 11.6.